The predicted octanol–water partition coefficient (Wildman–Crippen LogP) is 2.33. The molecule has 2 fully saturated rings. The maximum atomic E-state index is 5.93. The van der Waals surface area contributed by atoms with Crippen molar-refractivity contribution in [3.63, 3.8) is 0 Å². The number of morpholine rings is 1. The van der Waals surface area contributed by atoms with Crippen LogP contribution in [0.3, 0.4) is 0 Å². The fraction of sp³-hybridized carbons (Fsp3) is 0.762. The van der Waals surface area contributed by atoms with E-state index in [4.69, 9.17) is 18.9 Å². The average molecular weight is 393 g/mol. The SMILES string of the molecule is CCNC(=NCC(c1ccc(C)o1)N1CCOCC1)NCCCOCC1CC1. The average Bonchev–Trinajstić information content (AvgIpc) is 3.44. The fourth-order valence-corrected chi connectivity index (χ4v) is 3.34. The number of hydrogen-bond donors (Lipinski definition) is 2. The molecule has 1 aliphatic heterocycles. The first kappa shape index (κ1) is 21.1. The summed E-state index contributed by atoms with van der Waals surface area (Å²) < 4.78 is 17.2. The van der Waals surface area contributed by atoms with Gasteiger partial charge < -0.3 is 24.5 Å². The Bertz CT molecular complexity index is 594. The van der Waals surface area contributed by atoms with Gasteiger partial charge in [0.05, 0.1) is 25.8 Å². The molecule has 28 heavy (non-hydrogen) atoms. The molecule has 1 aromatic rings. The van der Waals surface area contributed by atoms with E-state index in [9.17, 15) is 0 Å². The molecule has 0 aromatic carbocycles. The zero-order chi connectivity index (χ0) is 19.6. The lowest BCUT2D eigenvalue weighted by Crippen LogP contribution is -2.42. The molecule has 1 aliphatic carbocycles. The first-order valence-electron chi connectivity index (χ1n) is 10.7. The molecule has 2 N–H and O–H groups in total. The number of ether oxygens (including phenoxy) is 2. The van der Waals surface area contributed by atoms with Crippen molar-refractivity contribution in [3.05, 3.63) is 23.7 Å². The lowest BCUT2D eigenvalue weighted by molar-refractivity contribution is 0.0135. The maximum Gasteiger partial charge on any atom is 0.191 e. The molecule has 1 aromatic heterocycles. The molecule has 158 valence electrons. The molecule has 1 saturated heterocycles. The lowest BCUT2D eigenvalue weighted by Gasteiger charge is -2.32. The van der Waals surface area contributed by atoms with Gasteiger partial charge in [-0.3, -0.25) is 9.89 Å². The molecule has 0 bridgehead atoms. The number of aliphatic imine (C=N–C) groups is 1. The van der Waals surface area contributed by atoms with E-state index in [0.29, 0.717) is 6.54 Å². The van der Waals surface area contributed by atoms with Crippen LogP contribution in [0.5, 0.6) is 0 Å². The van der Waals surface area contributed by atoms with E-state index < -0.39 is 0 Å². The normalized spacial score (nSPS) is 19.6. The third kappa shape index (κ3) is 7.11. The zero-order valence-corrected chi connectivity index (χ0v) is 17.4. The van der Waals surface area contributed by atoms with Crippen LogP contribution in [0.15, 0.2) is 21.5 Å². The van der Waals surface area contributed by atoms with Crippen LogP contribution in [0.25, 0.3) is 0 Å². The summed E-state index contributed by atoms with van der Waals surface area (Å²) >= 11 is 0. The highest BCUT2D eigenvalue weighted by atomic mass is 16.5. The number of hydrogen-bond acceptors (Lipinski definition) is 5. The molecule has 7 heteroatoms. The van der Waals surface area contributed by atoms with Gasteiger partial charge in [0.25, 0.3) is 0 Å². The molecule has 3 rings (SSSR count). The molecule has 1 saturated carbocycles. The molecule has 1 unspecified atom stereocenters. The van der Waals surface area contributed by atoms with Crippen LogP contribution >= 0.6 is 0 Å². The molecule has 2 heterocycles. The standard InChI is InChI=1S/C21H36N4O3/c1-3-22-21(23-9-4-12-27-16-18-6-7-18)24-15-19(20-8-5-17(2)28-20)25-10-13-26-14-11-25/h5,8,18-19H,3-4,6-7,9-16H2,1-2H3,(H2,22,23,24). The van der Waals surface area contributed by atoms with E-state index in [-0.39, 0.29) is 6.04 Å². The van der Waals surface area contributed by atoms with Crippen LogP contribution < -0.4 is 10.6 Å². The Kier molecular flexibility index (Phi) is 8.64. The molecule has 7 nitrogen and oxygen atoms in total. The van der Waals surface area contributed by atoms with E-state index in [1.807, 2.05) is 13.0 Å². The summed E-state index contributed by atoms with van der Waals surface area (Å²) in [4.78, 5) is 7.25. The first-order chi connectivity index (χ1) is 13.8. The number of rotatable bonds is 11. The van der Waals surface area contributed by atoms with Gasteiger partial charge in [0, 0.05) is 39.4 Å². The second kappa shape index (κ2) is 11.4. The number of nitrogens with zero attached hydrogens (tertiary/aromatic N) is 2. The second-order valence-electron chi connectivity index (χ2n) is 7.63. The first-order valence-corrected chi connectivity index (χ1v) is 10.7. The van der Waals surface area contributed by atoms with Gasteiger partial charge in [0.1, 0.15) is 11.5 Å². The van der Waals surface area contributed by atoms with Crippen molar-refractivity contribution in [2.75, 3.05) is 59.2 Å². The summed E-state index contributed by atoms with van der Waals surface area (Å²) in [6.45, 7) is 11.5. The van der Waals surface area contributed by atoms with Gasteiger partial charge in [0.15, 0.2) is 5.96 Å². The zero-order valence-electron chi connectivity index (χ0n) is 17.4. The summed E-state index contributed by atoms with van der Waals surface area (Å²) in [6, 6.07) is 4.23. The summed E-state index contributed by atoms with van der Waals surface area (Å²) in [6.07, 6.45) is 3.67. The fourth-order valence-electron chi connectivity index (χ4n) is 3.34. The number of nitrogens with one attached hydrogen (secondary N) is 2. The van der Waals surface area contributed by atoms with Crippen molar-refractivity contribution < 1.29 is 13.9 Å². The Balaban J connectivity index is 1.50. The van der Waals surface area contributed by atoms with Crippen LogP contribution in [0.1, 0.15) is 43.7 Å². The highest BCUT2D eigenvalue weighted by Crippen LogP contribution is 2.28. The lowest BCUT2D eigenvalue weighted by atomic mass is 10.1. The molecular weight excluding hydrogens is 356 g/mol. The van der Waals surface area contributed by atoms with Crippen molar-refractivity contribution in [3.8, 4) is 0 Å². The topological polar surface area (TPSA) is 71.3 Å². The van der Waals surface area contributed by atoms with Gasteiger partial charge in [-0.15, -0.1) is 0 Å². The molecule has 2 aliphatic rings. The van der Waals surface area contributed by atoms with Crippen LogP contribution in [0, 0.1) is 12.8 Å². The van der Waals surface area contributed by atoms with Gasteiger partial charge in [-0.1, -0.05) is 0 Å². The molecule has 0 radical (unpaired) electrons. The Hall–Kier alpha value is -1.57. The van der Waals surface area contributed by atoms with E-state index in [1.54, 1.807) is 0 Å². The smallest absolute Gasteiger partial charge is 0.191 e. The third-order valence-corrected chi connectivity index (χ3v) is 5.15. The van der Waals surface area contributed by atoms with E-state index in [2.05, 4.69) is 28.5 Å². The largest absolute Gasteiger partial charge is 0.465 e. The van der Waals surface area contributed by atoms with Crippen LogP contribution in [0.4, 0.5) is 0 Å². The predicted molar refractivity (Wildman–Crippen MR) is 111 cm³/mol. The number of guanidine groups is 1. The molecule has 0 amide bonds. The van der Waals surface area contributed by atoms with Crippen molar-refractivity contribution in [2.24, 2.45) is 10.9 Å². The Morgan fingerprint density at radius 2 is 2.11 bits per heavy atom. The minimum atomic E-state index is 0.134. The number of aryl methyl sites for hydroxylation is 1. The van der Waals surface area contributed by atoms with Gasteiger partial charge in [0.2, 0.25) is 0 Å². The molecule has 0 spiro atoms. The Morgan fingerprint density at radius 1 is 1.29 bits per heavy atom. The molecular formula is C21H36N4O3. The summed E-state index contributed by atoms with van der Waals surface area (Å²) in [7, 11) is 0. The van der Waals surface area contributed by atoms with Crippen molar-refractivity contribution in [2.45, 2.75) is 39.2 Å². The van der Waals surface area contributed by atoms with Gasteiger partial charge in [-0.25, -0.2) is 0 Å². The van der Waals surface area contributed by atoms with Crippen molar-refractivity contribution >= 4 is 5.96 Å². The summed E-state index contributed by atoms with van der Waals surface area (Å²) in [5.74, 6) is 3.60. The van der Waals surface area contributed by atoms with E-state index in [1.165, 1.54) is 12.8 Å². The van der Waals surface area contributed by atoms with Crippen LogP contribution in [-0.4, -0.2) is 70.0 Å². The second-order valence-corrected chi connectivity index (χ2v) is 7.63. The Labute approximate surface area is 168 Å². The summed E-state index contributed by atoms with van der Waals surface area (Å²) in [5, 5.41) is 6.77. The van der Waals surface area contributed by atoms with Crippen LogP contribution in [0.2, 0.25) is 0 Å². The maximum absolute atomic E-state index is 5.93. The van der Waals surface area contributed by atoms with Gasteiger partial charge in [-0.05, 0) is 51.2 Å². The highest BCUT2D eigenvalue weighted by molar-refractivity contribution is 5.79. The van der Waals surface area contributed by atoms with Crippen molar-refractivity contribution in [1.29, 1.82) is 0 Å². The van der Waals surface area contributed by atoms with Gasteiger partial charge >= 0.3 is 0 Å². The van der Waals surface area contributed by atoms with E-state index >= 15 is 0 Å². The Morgan fingerprint density at radius 3 is 2.79 bits per heavy atom. The highest BCUT2D eigenvalue weighted by Gasteiger charge is 2.25. The number of furan rings is 1. The van der Waals surface area contributed by atoms with Crippen molar-refractivity contribution in [1.82, 2.24) is 15.5 Å². The molecule has 1 atom stereocenters. The monoisotopic (exact) mass is 392 g/mol. The van der Waals surface area contributed by atoms with Gasteiger partial charge in [-0.2, -0.15) is 0 Å². The third-order valence-electron chi connectivity index (χ3n) is 5.15. The minimum Gasteiger partial charge on any atom is -0.465 e. The quantitative estimate of drug-likeness (QED) is 0.342. The van der Waals surface area contributed by atoms with E-state index in [0.717, 1.165) is 82.4 Å². The summed E-state index contributed by atoms with van der Waals surface area (Å²) in [5.41, 5.74) is 0. The minimum absolute atomic E-state index is 0.134. The van der Waals surface area contributed by atoms with Crippen LogP contribution in [-0.2, 0) is 9.47 Å².